The van der Waals surface area contributed by atoms with Gasteiger partial charge in [-0.15, -0.1) is 0 Å². The Morgan fingerprint density at radius 2 is 1.86 bits per heavy atom. The molecule has 1 atom stereocenters. The molecule has 0 N–H and O–H groups in total. The summed E-state index contributed by atoms with van der Waals surface area (Å²) in [6, 6.07) is 4.82. The van der Waals surface area contributed by atoms with Crippen LogP contribution in [0, 0.1) is 0 Å². The van der Waals surface area contributed by atoms with Gasteiger partial charge in [-0.2, -0.15) is 10.0 Å². The lowest BCUT2D eigenvalue weighted by atomic mass is 10.2. The molecule has 1 heterocycles. The molecule has 0 bridgehead atoms. The van der Waals surface area contributed by atoms with E-state index in [1.165, 1.54) is 20.3 Å². The van der Waals surface area contributed by atoms with Crippen molar-refractivity contribution in [3.63, 3.8) is 0 Å². The SMILES string of the molecule is COC(=O)N1C(=S)SC(c2ccc(Cl)cc2Cl)N1C(=O)OC. The average Bonchev–Trinajstić information content (AvgIpc) is 2.82. The van der Waals surface area contributed by atoms with E-state index >= 15 is 0 Å². The molecule has 0 spiro atoms. The van der Waals surface area contributed by atoms with Gasteiger partial charge in [0.1, 0.15) is 5.37 Å². The van der Waals surface area contributed by atoms with Gasteiger partial charge in [0, 0.05) is 15.6 Å². The molecular formula is C12H10Cl2N2O4S2. The Kier molecular flexibility index (Phi) is 5.38. The second-order valence-corrected chi connectivity index (χ2v) is 6.56. The number of amides is 2. The highest BCUT2D eigenvalue weighted by molar-refractivity contribution is 8.23. The molecule has 0 radical (unpaired) electrons. The maximum Gasteiger partial charge on any atom is 0.434 e. The van der Waals surface area contributed by atoms with Crippen LogP contribution in [0.1, 0.15) is 10.9 Å². The number of hydrogen-bond donors (Lipinski definition) is 0. The molecule has 22 heavy (non-hydrogen) atoms. The summed E-state index contributed by atoms with van der Waals surface area (Å²) >= 11 is 18.3. The van der Waals surface area contributed by atoms with Gasteiger partial charge >= 0.3 is 12.2 Å². The number of carbonyl (C=O) groups is 2. The van der Waals surface area contributed by atoms with Crippen LogP contribution >= 0.6 is 47.2 Å². The van der Waals surface area contributed by atoms with Crippen LogP contribution in [0.25, 0.3) is 0 Å². The van der Waals surface area contributed by atoms with Crippen LogP contribution in [0.15, 0.2) is 18.2 Å². The van der Waals surface area contributed by atoms with Gasteiger partial charge in [-0.1, -0.05) is 53.2 Å². The second kappa shape index (κ2) is 6.91. The molecule has 1 aromatic rings. The number of nitrogens with zero attached hydrogens (tertiary/aromatic N) is 2. The molecule has 2 amide bonds. The minimum atomic E-state index is -0.796. The zero-order valence-electron chi connectivity index (χ0n) is 11.4. The third kappa shape index (κ3) is 3.10. The molecule has 118 valence electrons. The van der Waals surface area contributed by atoms with Gasteiger partial charge in [0.05, 0.1) is 14.2 Å². The highest BCUT2D eigenvalue weighted by Gasteiger charge is 2.46. The van der Waals surface area contributed by atoms with Crippen molar-refractivity contribution in [1.29, 1.82) is 0 Å². The highest BCUT2D eigenvalue weighted by atomic mass is 35.5. The molecule has 0 aliphatic carbocycles. The second-order valence-electron chi connectivity index (χ2n) is 4.00. The predicted octanol–water partition coefficient (Wildman–Crippen LogP) is 4.08. The van der Waals surface area contributed by atoms with Crippen molar-refractivity contribution >= 4 is 63.7 Å². The Morgan fingerprint density at radius 1 is 1.23 bits per heavy atom. The summed E-state index contributed by atoms with van der Waals surface area (Å²) in [5.41, 5.74) is 0.565. The van der Waals surface area contributed by atoms with Crippen molar-refractivity contribution in [2.24, 2.45) is 0 Å². The van der Waals surface area contributed by atoms with Crippen LogP contribution in [-0.4, -0.2) is 40.7 Å². The number of hydrazine groups is 1. The number of thiocarbonyl (C=S) groups is 1. The van der Waals surface area contributed by atoms with Crippen LogP contribution in [0.2, 0.25) is 10.0 Å². The number of hydrogen-bond acceptors (Lipinski definition) is 6. The molecule has 1 aliphatic heterocycles. The molecule has 1 aliphatic rings. The molecule has 6 nitrogen and oxygen atoms in total. The van der Waals surface area contributed by atoms with Crippen LogP contribution in [0.3, 0.4) is 0 Å². The first kappa shape index (κ1) is 17.1. The molecule has 2 rings (SSSR count). The minimum Gasteiger partial charge on any atom is -0.451 e. The Morgan fingerprint density at radius 3 is 2.41 bits per heavy atom. The standard InChI is InChI=1S/C12H10Cl2N2O4S2/c1-19-10(17)15-9(7-4-3-6(13)5-8(7)14)22-12(21)16(15)11(18)20-2/h3-5,9H,1-2H3. The average molecular weight is 381 g/mol. The van der Waals surface area contributed by atoms with Gasteiger partial charge in [-0.05, 0) is 12.1 Å². The summed E-state index contributed by atoms with van der Waals surface area (Å²) in [7, 11) is 2.39. The van der Waals surface area contributed by atoms with Gasteiger partial charge in [-0.25, -0.2) is 9.59 Å². The number of thioether (sulfide) groups is 1. The number of carbonyl (C=O) groups excluding carboxylic acids is 2. The Labute approximate surface area is 146 Å². The van der Waals surface area contributed by atoms with Crippen molar-refractivity contribution in [2.45, 2.75) is 5.37 Å². The fourth-order valence-electron chi connectivity index (χ4n) is 1.81. The van der Waals surface area contributed by atoms with Gasteiger partial charge in [0.2, 0.25) is 0 Å². The highest BCUT2D eigenvalue weighted by Crippen LogP contribution is 2.45. The summed E-state index contributed by atoms with van der Waals surface area (Å²) < 4.78 is 9.51. The lowest BCUT2D eigenvalue weighted by molar-refractivity contribution is 0.0305. The number of ether oxygens (including phenoxy) is 2. The number of rotatable bonds is 1. The molecule has 1 fully saturated rings. The number of benzene rings is 1. The molecule has 1 aromatic carbocycles. The number of methoxy groups -OCH3 is 2. The van der Waals surface area contributed by atoms with E-state index in [9.17, 15) is 9.59 Å². The van der Waals surface area contributed by atoms with Gasteiger partial charge in [-0.3, -0.25) is 0 Å². The van der Waals surface area contributed by atoms with Crippen molar-refractivity contribution in [3.05, 3.63) is 33.8 Å². The summed E-state index contributed by atoms with van der Waals surface area (Å²) in [6.45, 7) is 0. The first-order chi connectivity index (χ1) is 10.4. The zero-order valence-corrected chi connectivity index (χ0v) is 14.6. The Bertz CT molecular complexity index is 644. The summed E-state index contributed by atoms with van der Waals surface area (Å²) in [5.74, 6) is 0. The molecule has 0 saturated carbocycles. The molecule has 1 saturated heterocycles. The van der Waals surface area contributed by atoms with Crippen LogP contribution in [0.4, 0.5) is 9.59 Å². The topological polar surface area (TPSA) is 59.1 Å². The fraction of sp³-hybridized carbons (Fsp3) is 0.250. The normalized spacial score (nSPS) is 17.6. The third-order valence-electron chi connectivity index (χ3n) is 2.76. The van der Waals surface area contributed by atoms with E-state index in [1.807, 2.05) is 0 Å². The van der Waals surface area contributed by atoms with E-state index in [-0.39, 0.29) is 4.32 Å². The van der Waals surface area contributed by atoms with E-state index in [0.717, 1.165) is 21.8 Å². The van der Waals surface area contributed by atoms with Gasteiger partial charge < -0.3 is 9.47 Å². The minimum absolute atomic E-state index is 0.147. The van der Waals surface area contributed by atoms with E-state index in [2.05, 4.69) is 4.74 Å². The van der Waals surface area contributed by atoms with Crippen LogP contribution in [0.5, 0.6) is 0 Å². The largest absolute Gasteiger partial charge is 0.451 e. The first-order valence-corrected chi connectivity index (χ1v) is 7.85. The lowest BCUT2D eigenvalue weighted by Gasteiger charge is -2.28. The van der Waals surface area contributed by atoms with Crippen molar-refractivity contribution in [3.8, 4) is 0 Å². The quantitative estimate of drug-likeness (QED) is 0.684. The maximum absolute atomic E-state index is 12.1. The van der Waals surface area contributed by atoms with Gasteiger partial charge in [0.15, 0.2) is 4.32 Å². The number of halogens is 2. The summed E-state index contributed by atoms with van der Waals surface area (Å²) in [4.78, 5) is 23.9. The summed E-state index contributed by atoms with van der Waals surface area (Å²) in [5, 5.41) is 2.11. The first-order valence-electron chi connectivity index (χ1n) is 5.81. The Hall–Kier alpha value is -1.22. The van der Waals surface area contributed by atoms with Crippen molar-refractivity contribution in [2.75, 3.05) is 14.2 Å². The molecule has 10 heteroatoms. The predicted molar refractivity (Wildman–Crippen MR) is 87.9 cm³/mol. The lowest BCUT2D eigenvalue weighted by Crippen LogP contribution is -2.47. The molecular weight excluding hydrogens is 371 g/mol. The van der Waals surface area contributed by atoms with Crippen LogP contribution in [-0.2, 0) is 9.47 Å². The molecule has 1 unspecified atom stereocenters. The zero-order chi connectivity index (χ0) is 16.4. The molecule has 0 aromatic heterocycles. The van der Waals surface area contributed by atoms with E-state index in [0.29, 0.717) is 15.6 Å². The van der Waals surface area contributed by atoms with E-state index in [1.54, 1.807) is 12.1 Å². The van der Waals surface area contributed by atoms with Crippen molar-refractivity contribution in [1.82, 2.24) is 10.0 Å². The third-order valence-corrected chi connectivity index (χ3v) is 4.84. The van der Waals surface area contributed by atoms with E-state index in [4.69, 9.17) is 40.2 Å². The smallest absolute Gasteiger partial charge is 0.434 e. The summed E-state index contributed by atoms with van der Waals surface area (Å²) in [6.07, 6.45) is -1.57. The fourth-order valence-corrected chi connectivity index (χ4v) is 3.88. The van der Waals surface area contributed by atoms with Gasteiger partial charge in [0.25, 0.3) is 0 Å². The van der Waals surface area contributed by atoms with Crippen molar-refractivity contribution < 1.29 is 19.1 Å². The van der Waals surface area contributed by atoms with E-state index < -0.39 is 17.6 Å². The Balaban J connectivity index is 2.48. The monoisotopic (exact) mass is 380 g/mol. The van der Waals surface area contributed by atoms with Crippen LogP contribution < -0.4 is 0 Å². The maximum atomic E-state index is 12.1.